The van der Waals surface area contributed by atoms with Crippen molar-refractivity contribution in [1.82, 2.24) is 18.7 Å². The lowest BCUT2D eigenvalue weighted by molar-refractivity contribution is 0.0933. The monoisotopic (exact) mass is 344 g/mol. The average Bonchev–Trinajstić information content (AvgIpc) is 3.01. The van der Waals surface area contributed by atoms with Gasteiger partial charge in [0, 0.05) is 14.1 Å². The maximum atomic E-state index is 12.4. The van der Waals surface area contributed by atoms with E-state index in [1.807, 2.05) is 31.2 Å². The van der Waals surface area contributed by atoms with E-state index in [4.69, 9.17) is 4.74 Å². The van der Waals surface area contributed by atoms with Crippen molar-refractivity contribution in [2.75, 3.05) is 6.61 Å². The molecular formula is C17H20N4O4. The number of aliphatic hydroxyl groups excluding tert-OH is 1. The van der Waals surface area contributed by atoms with Gasteiger partial charge in [-0.1, -0.05) is 17.7 Å². The number of benzene rings is 1. The molecule has 0 saturated carbocycles. The van der Waals surface area contributed by atoms with Crippen LogP contribution >= 0.6 is 0 Å². The highest BCUT2D eigenvalue weighted by Crippen LogP contribution is 2.12. The van der Waals surface area contributed by atoms with Gasteiger partial charge in [-0.05, 0) is 19.1 Å². The van der Waals surface area contributed by atoms with Gasteiger partial charge >= 0.3 is 5.69 Å². The predicted molar refractivity (Wildman–Crippen MR) is 92.9 cm³/mol. The molecule has 3 rings (SSSR count). The van der Waals surface area contributed by atoms with E-state index in [1.54, 1.807) is 11.6 Å². The van der Waals surface area contributed by atoms with Gasteiger partial charge in [-0.3, -0.25) is 13.9 Å². The first-order valence-corrected chi connectivity index (χ1v) is 7.87. The van der Waals surface area contributed by atoms with E-state index in [0.29, 0.717) is 11.4 Å². The molecular weight excluding hydrogens is 324 g/mol. The van der Waals surface area contributed by atoms with Crippen LogP contribution in [0.1, 0.15) is 5.56 Å². The van der Waals surface area contributed by atoms with Crippen LogP contribution in [-0.4, -0.2) is 36.5 Å². The van der Waals surface area contributed by atoms with Crippen molar-refractivity contribution in [2.45, 2.75) is 19.6 Å². The molecule has 0 radical (unpaired) electrons. The lowest BCUT2D eigenvalue weighted by Gasteiger charge is -2.14. The van der Waals surface area contributed by atoms with Crippen molar-refractivity contribution >= 4 is 11.2 Å². The minimum absolute atomic E-state index is 0.0782. The number of fused-ring (bicyclic) bond motifs is 1. The van der Waals surface area contributed by atoms with Crippen LogP contribution in [0, 0.1) is 6.92 Å². The molecule has 8 heteroatoms. The number of aryl methyl sites for hydroxylation is 2. The second-order valence-corrected chi connectivity index (χ2v) is 6.05. The molecule has 25 heavy (non-hydrogen) atoms. The van der Waals surface area contributed by atoms with Gasteiger partial charge in [0.05, 0.1) is 12.9 Å². The zero-order chi connectivity index (χ0) is 18.1. The number of hydrogen-bond acceptors (Lipinski definition) is 5. The molecule has 0 spiro atoms. The van der Waals surface area contributed by atoms with Gasteiger partial charge in [0.15, 0.2) is 11.2 Å². The Balaban J connectivity index is 1.80. The quantitative estimate of drug-likeness (QED) is 0.713. The Morgan fingerprint density at radius 3 is 2.52 bits per heavy atom. The molecule has 0 saturated heterocycles. The van der Waals surface area contributed by atoms with Crippen molar-refractivity contribution in [3.05, 3.63) is 57.0 Å². The van der Waals surface area contributed by atoms with Crippen LogP contribution in [0.3, 0.4) is 0 Å². The van der Waals surface area contributed by atoms with E-state index in [2.05, 4.69) is 4.98 Å². The van der Waals surface area contributed by atoms with Crippen LogP contribution in [0.15, 0.2) is 40.2 Å². The predicted octanol–water partition coefficient (Wildman–Crippen LogP) is 0.182. The molecule has 2 heterocycles. The standard InChI is InChI=1S/C17H20N4O4/c1-11-4-6-13(7-5-11)25-9-12(22)8-21-10-18-15-14(21)16(23)20(3)17(24)19(15)2/h4-7,10,12,22H,8-9H2,1-3H3. The van der Waals surface area contributed by atoms with Crippen LogP contribution in [0.5, 0.6) is 5.75 Å². The van der Waals surface area contributed by atoms with E-state index in [-0.39, 0.29) is 18.7 Å². The Morgan fingerprint density at radius 1 is 1.16 bits per heavy atom. The number of aromatic nitrogens is 4. The van der Waals surface area contributed by atoms with Crippen LogP contribution in [0.4, 0.5) is 0 Å². The first-order chi connectivity index (χ1) is 11.9. The van der Waals surface area contributed by atoms with Gasteiger partial charge in [0.1, 0.15) is 18.5 Å². The van der Waals surface area contributed by atoms with E-state index in [1.165, 1.54) is 17.9 Å². The lowest BCUT2D eigenvalue weighted by atomic mass is 10.2. The van der Waals surface area contributed by atoms with E-state index in [0.717, 1.165) is 10.1 Å². The van der Waals surface area contributed by atoms with Gasteiger partial charge < -0.3 is 14.4 Å². The van der Waals surface area contributed by atoms with Gasteiger partial charge in [-0.2, -0.15) is 0 Å². The summed E-state index contributed by atoms with van der Waals surface area (Å²) in [5.74, 6) is 0.665. The Kier molecular flexibility index (Phi) is 4.45. The maximum absolute atomic E-state index is 12.4. The summed E-state index contributed by atoms with van der Waals surface area (Å²) in [6.07, 6.45) is 0.612. The molecule has 0 aliphatic carbocycles. The number of hydrogen-bond donors (Lipinski definition) is 1. The molecule has 132 valence electrons. The van der Waals surface area contributed by atoms with Crippen molar-refractivity contribution in [2.24, 2.45) is 14.1 Å². The first-order valence-electron chi connectivity index (χ1n) is 7.87. The summed E-state index contributed by atoms with van der Waals surface area (Å²) in [5.41, 5.74) is 0.811. The van der Waals surface area contributed by atoms with Crippen LogP contribution in [0.2, 0.25) is 0 Å². The largest absolute Gasteiger partial charge is 0.491 e. The molecule has 1 N–H and O–H groups in total. The Hall–Kier alpha value is -2.87. The summed E-state index contributed by atoms with van der Waals surface area (Å²) in [6.45, 7) is 2.20. The van der Waals surface area contributed by atoms with Gasteiger partial charge in [-0.15, -0.1) is 0 Å². The fraction of sp³-hybridized carbons (Fsp3) is 0.353. The Bertz CT molecular complexity index is 1010. The highest BCUT2D eigenvalue weighted by molar-refractivity contribution is 5.69. The summed E-state index contributed by atoms with van der Waals surface area (Å²) < 4.78 is 9.43. The van der Waals surface area contributed by atoms with Crippen molar-refractivity contribution in [1.29, 1.82) is 0 Å². The topological polar surface area (TPSA) is 91.3 Å². The molecule has 0 aliphatic rings. The fourth-order valence-corrected chi connectivity index (χ4v) is 2.64. The average molecular weight is 344 g/mol. The number of nitrogens with zero attached hydrogens (tertiary/aromatic N) is 4. The summed E-state index contributed by atoms with van der Waals surface area (Å²) >= 11 is 0. The minimum atomic E-state index is -0.833. The molecule has 0 fully saturated rings. The maximum Gasteiger partial charge on any atom is 0.332 e. The third-order valence-electron chi connectivity index (χ3n) is 4.09. The van der Waals surface area contributed by atoms with E-state index >= 15 is 0 Å². The van der Waals surface area contributed by atoms with Crippen molar-refractivity contribution in [3.8, 4) is 5.75 Å². The number of rotatable bonds is 5. The summed E-state index contributed by atoms with van der Waals surface area (Å²) in [7, 11) is 2.97. The third-order valence-corrected chi connectivity index (χ3v) is 4.09. The van der Waals surface area contributed by atoms with Gasteiger partial charge in [0.2, 0.25) is 0 Å². The summed E-state index contributed by atoms with van der Waals surface area (Å²) in [4.78, 5) is 28.4. The summed E-state index contributed by atoms with van der Waals surface area (Å²) in [6, 6.07) is 7.52. The molecule has 1 unspecified atom stereocenters. The van der Waals surface area contributed by atoms with Crippen molar-refractivity contribution < 1.29 is 9.84 Å². The van der Waals surface area contributed by atoms with Crippen LogP contribution in [0.25, 0.3) is 11.2 Å². The van der Waals surface area contributed by atoms with Gasteiger partial charge in [-0.25, -0.2) is 9.78 Å². The smallest absolute Gasteiger partial charge is 0.332 e. The van der Waals surface area contributed by atoms with E-state index < -0.39 is 17.4 Å². The molecule has 0 aliphatic heterocycles. The third kappa shape index (κ3) is 3.20. The molecule has 8 nitrogen and oxygen atoms in total. The Labute approximate surface area is 143 Å². The number of imidazole rings is 1. The van der Waals surface area contributed by atoms with Crippen molar-refractivity contribution in [3.63, 3.8) is 0 Å². The van der Waals surface area contributed by atoms with E-state index in [9.17, 15) is 14.7 Å². The second kappa shape index (κ2) is 6.56. The molecule has 3 aromatic rings. The molecule has 1 atom stereocenters. The molecule has 0 amide bonds. The zero-order valence-corrected chi connectivity index (χ0v) is 14.3. The minimum Gasteiger partial charge on any atom is -0.491 e. The zero-order valence-electron chi connectivity index (χ0n) is 14.3. The first kappa shape index (κ1) is 17.0. The van der Waals surface area contributed by atoms with Crippen LogP contribution < -0.4 is 16.0 Å². The molecule has 1 aromatic carbocycles. The SMILES string of the molecule is Cc1ccc(OCC(O)Cn2cnc3c2c(=O)n(C)c(=O)n3C)cc1. The fourth-order valence-electron chi connectivity index (χ4n) is 2.64. The highest BCUT2D eigenvalue weighted by atomic mass is 16.5. The van der Waals surface area contributed by atoms with Crippen LogP contribution in [-0.2, 0) is 20.6 Å². The summed E-state index contributed by atoms with van der Waals surface area (Å²) in [5, 5.41) is 10.2. The second-order valence-electron chi connectivity index (χ2n) is 6.05. The normalized spacial score (nSPS) is 12.5. The highest BCUT2D eigenvalue weighted by Gasteiger charge is 2.16. The molecule has 2 aromatic heterocycles. The number of ether oxygens (including phenoxy) is 1. The molecule has 0 bridgehead atoms. The lowest BCUT2D eigenvalue weighted by Crippen LogP contribution is -2.38. The number of aliphatic hydroxyl groups is 1. The Morgan fingerprint density at radius 2 is 1.84 bits per heavy atom. The van der Waals surface area contributed by atoms with Gasteiger partial charge in [0.25, 0.3) is 5.56 Å².